The molecule has 1 aliphatic rings. The van der Waals surface area contributed by atoms with E-state index in [-0.39, 0.29) is 22.9 Å². The van der Waals surface area contributed by atoms with Crippen LogP contribution in [0.1, 0.15) is 17.2 Å². The number of carbonyl (C=O) groups is 1. The zero-order valence-electron chi connectivity index (χ0n) is 18.1. The largest absolute Gasteiger partial charge is 0.484 e. The Morgan fingerprint density at radius 2 is 1.51 bits per heavy atom. The number of carboxylic acid groups (broad SMARTS) is 1. The topological polar surface area (TPSA) is 93.1 Å². The molecule has 35 heavy (non-hydrogen) atoms. The molecule has 0 radical (unpaired) electrons. The first kappa shape index (κ1) is 24.6. The second-order valence-corrected chi connectivity index (χ2v) is 9.64. The monoisotopic (exact) mass is 507 g/mol. The number of ether oxygens (including phenoxy) is 2. The summed E-state index contributed by atoms with van der Waals surface area (Å²) in [5, 5.41) is 9.78. The van der Waals surface area contributed by atoms with E-state index in [1.807, 2.05) is 0 Å². The van der Waals surface area contributed by atoms with E-state index >= 15 is 0 Å². The molecule has 1 aliphatic heterocycles. The first-order valence-corrected chi connectivity index (χ1v) is 11.9. The summed E-state index contributed by atoms with van der Waals surface area (Å²) >= 11 is 0. The van der Waals surface area contributed by atoms with Crippen LogP contribution in [0.2, 0.25) is 0 Å². The molecule has 11 heteroatoms. The van der Waals surface area contributed by atoms with Crippen LogP contribution in [0.5, 0.6) is 17.2 Å². The van der Waals surface area contributed by atoms with Crippen LogP contribution in [-0.4, -0.2) is 43.1 Å². The van der Waals surface area contributed by atoms with Crippen LogP contribution in [0.3, 0.4) is 0 Å². The summed E-state index contributed by atoms with van der Waals surface area (Å²) in [4.78, 5) is 11.9. The third-order valence-electron chi connectivity index (χ3n) is 5.37. The molecule has 0 fully saturated rings. The van der Waals surface area contributed by atoms with Crippen molar-refractivity contribution in [3.8, 4) is 17.2 Å². The molecule has 184 valence electrons. The average molecular weight is 507 g/mol. The van der Waals surface area contributed by atoms with Gasteiger partial charge in [-0.1, -0.05) is 24.3 Å². The Balaban J connectivity index is 1.49. The van der Waals surface area contributed by atoms with Gasteiger partial charge in [0.1, 0.15) is 23.3 Å². The first-order valence-electron chi connectivity index (χ1n) is 10.4. The lowest BCUT2D eigenvalue weighted by Gasteiger charge is -2.33. The second-order valence-electron chi connectivity index (χ2n) is 7.75. The highest BCUT2D eigenvalue weighted by Crippen LogP contribution is 2.35. The SMILES string of the molecule is O=C(O)C1c2ccccc2CCN1S(=O)(=O)c1ccc(Oc2ccc(OCC(F)(F)F)cc2)cc1. The fourth-order valence-electron chi connectivity index (χ4n) is 3.78. The van der Waals surface area contributed by atoms with Gasteiger partial charge in [-0.3, -0.25) is 4.79 Å². The van der Waals surface area contributed by atoms with Crippen LogP contribution in [0, 0.1) is 0 Å². The van der Waals surface area contributed by atoms with Gasteiger partial charge in [0.2, 0.25) is 10.0 Å². The maximum absolute atomic E-state index is 13.3. The number of nitrogens with zero attached hydrogens (tertiary/aromatic N) is 1. The molecular formula is C24H20F3NO6S. The maximum Gasteiger partial charge on any atom is 0.422 e. The number of rotatable bonds is 7. The minimum absolute atomic E-state index is 0.0206. The third-order valence-corrected chi connectivity index (χ3v) is 7.24. The van der Waals surface area contributed by atoms with Gasteiger partial charge in [0.15, 0.2) is 6.61 Å². The average Bonchev–Trinajstić information content (AvgIpc) is 2.82. The summed E-state index contributed by atoms with van der Waals surface area (Å²) < 4.78 is 74.5. The van der Waals surface area contributed by atoms with Crippen molar-refractivity contribution in [1.29, 1.82) is 0 Å². The normalized spacial score (nSPS) is 16.4. The second kappa shape index (κ2) is 9.59. The zero-order valence-corrected chi connectivity index (χ0v) is 18.9. The van der Waals surface area contributed by atoms with E-state index in [1.165, 1.54) is 48.5 Å². The summed E-state index contributed by atoms with van der Waals surface area (Å²) in [6, 6.07) is 16.4. The molecule has 3 aromatic rings. The minimum Gasteiger partial charge on any atom is -0.484 e. The lowest BCUT2D eigenvalue weighted by Crippen LogP contribution is -2.43. The van der Waals surface area contributed by atoms with Crippen LogP contribution in [0.25, 0.3) is 0 Å². The highest BCUT2D eigenvalue weighted by molar-refractivity contribution is 7.89. The van der Waals surface area contributed by atoms with Crippen LogP contribution in [0.15, 0.2) is 77.7 Å². The lowest BCUT2D eigenvalue weighted by molar-refractivity contribution is -0.153. The molecule has 4 rings (SSSR count). The summed E-state index contributed by atoms with van der Waals surface area (Å²) in [5.41, 5.74) is 1.24. The number of aliphatic carboxylic acids is 1. The smallest absolute Gasteiger partial charge is 0.422 e. The number of halogens is 3. The molecule has 1 atom stereocenters. The van der Waals surface area contributed by atoms with E-state index < -0.39 is 34.8 Å². The molecule has 0 aliphatic carbocycles. The van der Waals surface area contributed by atoms with Crippen molar-refractivity contribution in [3.05, 3.63) is 83.9 Å². The van der Waals surface area contributed by atoms with Crippen LogP contribution in [-0.2, 0) is 21.2 Å². The number of sulfonamides is 1. The Hall–Kier alpha value is -3.57. The van der Waals surface area contributed by atoms with E-state index in [0.717, 1.165) is 9.87 Å². The number of benzene rings is 3. The molecule has 7 nitrogen and oxygen atoms in total. The highest BCUT2D eigenvalue weighted by atomic mass is 32.2. The van der Waals surface area contributed by atoms with Gasteiger partial charge in [0, 0.05) is 6.54 Å². The predicted octanol–water partition coefficient (Wildman–Crippen LogP) is 4.79. The maximum atomic E-state index is 13.3. The zero-order chi connectivity index (χ0) is 25.2. The van der Waals surface area contributed by atoms with Crippen molar-refractivity contribution in [2.75, 3.05) is 13.2 Å². The van der Waals surface area contributed by atoms with Crippen LogP contribution >= 0.6 is 0 Å². The highest BCUT2D eigenvalue weighted by Gasteiger charge is 2.40. The fourth-order valence-corrected chi connectivity index (χ4v) is 5.34. The summed E-state index contributed by atoms with van der Waals surface area (Å²) in [5.74, 6) is -0.652. The van der Waals surface area contributed by atoms with E-state index in [9.17, 15) is 31.5 Å². The molecule has 1 N–H and O–H groups in total. The quantitative estimate of drug-likeness (QED) is 0.494. The fraction of sp³-hybridized carbons (Fsp3) is 0.208. The number of alkyl halides is 3. The van der Waals surface area contributed by atoms with Crippen molar-refractivity contribution in [2.45, 2.75) is 23.5 Å². The molecule has 3 aromatic carbocycles. The molecule has 1 heterocycles. The molecule has 0 spiro atoms. The molecule has 0 saturated heterocycles. The van der Waals surface area contributed by atoms with Crippen molar-refractivity contribution in [2.24, 2.45) is 0 Å². The lowest BCUT2D eigenvalue weighted by atomic mass is 9.94. The summed E-state index contributed by atoms with van der Waals surface area (Å²) in [6.07, 6.45) is -4.05. The van der Waals surface area contributed by atoms with Crippen LogP contribution in [0.4, 0.5) is 13.2 Å². The van der Waals surface area contributed by atoms with Crippen molar-refractivity contribution in [1.82, 2.24) is 4.31 Å². The Labute approximate surface area is 199 Å². The summed E-state index contributed by atoms with van der Waals surface area (Å²) in [6.45, 7) is -1.38. The number of carboxylic acids is 1. The van der Waals surface area contributed by atoms with E-state index in [0.29, 0.717) is 17.7 Å². The Bertz CT molecular complexity index is 1310. The molecule has 0 saturated carbocycles. The predicted molar refractivity (Wildman–Crippen MR) is 119 cm³/mol. The molecule has 1 unspecified atom stereocenters. The van der Waals surface area contributed by atoms with Gasteiger partial charge >= 0.3 is 12.1 Å². The minimum atomic E-state index is -4.45. The van der Waals surface area contributed by atoms with Crippen molar-refractivity contribution in [3.63, 3.8) is 0 Å². The summed E-state index contributed by atoms with van der Waals surface area (Å²) in [7, 11) is -4.12. The van der Waals surface area contributed by atoms with Gasteiger partial charge in [0.25, 0.3) is 0 Å². The van der Waals surface area contributed by atoms with Gasteiger partial charge in [-0.2, -0.15) is 17.5 Å². The van der Waals surface area contributed by atoms with Gasteiger partial charge in [-0.15, -0.1) is 0 Å². The standard InChI is InChI=1S/C24H20F3NO6S/c25-24(26,27)15-33-17-5-7-18(8-6-17)34-19-9-11-20(12-10-19)35(31,32)28-14-13-16-3-1-2-4-21(16)22(28)23(29)30/h1-12,22H,13-15H2,(H,29,30). The molecule has 0 aromatic heterocycles. The first-order chi connectivity index (χ1) is 16.5. The number of fused-ring (bicyclic) bond motifs is 1. The van der Waals surface area contributed by atoms with Crippen molar-refractivity contribution >= 4 is 16.0 Å². The van der Waals surface area contributed by atoms with Crippen molar-refractivity contribution < 1.29 is 41.0 Å². The van der Waals surface area contributed by atoms with E-state index in [2.05, 4.69) is 4.74 Å². The van der Waals surface area contributed by atoms with E-state index in [4.69, 9.17) is 4.74 Å². The van der Waals surface area contributed by atoms with Crippen LogP contribution < -0.4 is 9.47 Å². The van der Waals surface area contributed by atoms with E-state index in [1.54, 1.807) is 24.3 Å². The van der Waals surface area contributed by atoms with Gasteiger partial charge < -0.3 is 14.6 Å². The third kappa shape index (κ3) is 5.57. The molecule has 0 amide bonds. The van der Waals surface area contributed by atoms with Gasteiger partial charge in [-0.25, -0.2) is 8.42 Å². The van der Waals surface area contributed by atoms with Gasteiger partial charge in [0.05, 0.1) is 4.90 Å². The molecular weight excluding hydrogens is 487 g/mol. The Morgan fingerprint density at radius 3 is 2.11 bits per heavy atom. The number of hydrogen-bond acceptors (Lipinski definition) is 5. The molecule has 0 bridgehead atoms. The number of hydrogen-bond donors (Lipinski definition) is 1. The van der Waals surface area contributed by atoms with Gasteiger partial charge in [-0.05, 0) is 66.1 Å². The Morgan fingerprint density at radius 1 is 0.943 bits per heavy atom. The Kier molecular flexibility index (Phi) is 6.73.